The quantitative estimate of drug-likeness (QED) is 0.491. The molecule has 2 aromatic heterocycles. The Hall–Kier alpha value is -2.91. The van der Waals surface area contributed by atoms with E-state index in [9.17, 15) is 9.18 Å². The van der Waals surface area contributed by atoms with Crippen molar-refractivity contribution in [2.45, 2.75) is 25.8 Å². The van der Waals surface area contributed by atoms with Gasteiger partial charge in [0.25, 0.3) is 5.88 Å². The van der Waals surface area contributed by atoms with E-state index in [1.54, 1.807) is 43.6 Å². The number of aromatic nitrogens is 3. The number of nitrogens with zero attached hydrogens (tertiary/aromatic N) is 3. The Morgan fingerprint density at radius 2 is 2.00 bits per heavy atom. The van der Waals surface area contributed by atoms with Crippen molar-refractivity contribution in [3.05, 3.63) is 64.9 Å². The lowest BCUT2D eigenvalue weighted by Crippen LogP contribution is -2.27. The molecule has 0 aliphatic carbocycles. The Balaban J connectivity index is 1.67. The van der Waals surface area contributed by atoms with Crippen LogP contribution >= 0.6 is 15.9 Å². The normalized spacial score (nSPS) is 11.7. The molecule has 9 heteroatoms. The highest BCUT2D eigenvalue weighted by atomic mass is 79.9. The monoisotopic (exact) mass is 474 g/mol. The summed E-state index contributed by atoms with van der Waals surface area (Å²) in [5.74, 6) is -0.566. The highest BCUT2D eigenvalue weighted by molar-refractivity contribution is 9.10. The summed E-state index contributed by atoms with van der Waals surface area (Å²) >= 11 is 3.15. The molecule has 0 bridgehead atoms. The Labute approximate surface area is 181 Å². The SMILES string of the molecule is CCOC(=O)CC(N)Cc1cncc(-c2ccc(Oc3ncc(Br)cc3F)cc2)n1. The van der Waals surface area contributed by atoms with Crippen LogP contribution in [0.5, 0.6) is 11.6 Å². The fourth-order valence-electron chi connectivity index (χ4n) is 2.70. The van der Waals surface area contributed by atoms with Crippen LogP contribution in [0.3, 0.4) is 0 Å². The van der Waals surface area contributed by atoms with Crippen LogP contribution in [0.15, 0.2) is 53.4 Å². The highest BCUT2D eigenvalue weighted by Crippen LogP contribution is 2.26. The van der Waals surface area contributed by atoms with Gasteiger partial charge in [-0.25, -0.2) is 14.4 Å². The van der Waals surface area contributed by atoms with Crippen molar-refractivity contribution in [1.29, 1.82) is 0 Å². The lowest BCUT2D eigenvalue weighted by Gasteiger charge is -2.11. The van der Waals surface area contributed by atoms with E-state index >= 15 is 0 Å². The number of benzene rings is 1. The molecule has 0 aliphatic rings. The molecule has 2 heterocycles. The standard InChI is InChI=1S/C21H20BrFN4O3/c1-2-29-20(28)9-15(24)8-16-11-25-12-19(27-16)13-3-5-17(6-4-13)30-21-18(23)7-14(22)10-26-21/h3-7,10-12,15H,2,8-9,24H2,1H3. The van der Waals surface area contributed by atoms with Crippen molar-refractivity contribution >= 4 is 21.9 Å². The maximum atomic E-state index is 13.9. The molecule has 3 aromatic rings. The Morgan fingerprint density at radius 3 is 2.70 bits per heavy atom. The fraction of sp³-hybridized carbons (Fsp3) is 0.238. The molecular weight excluding hydrogens is 455 g/mol. The third kappa shape index (κ3) is 6.04. The number of hydrogen-bond acceptors (Lipinski definition) is 7. The zero-order valence-electron chi connectivity index (χ0n) is 16.2. The fourth-order valence-corrected chi connectivity index (χ4v) is 3.00. The first-order valence-corrected chi connectivity index (χ1v) is 10.1. The number of rotatable bonds is 8. The van der Waals surface area contributed by atoms with Crippen LogP contribution in [-0.4, -0.2) is 33.6 Å². The molecule has 30 heavy (non-hydrogen) atoms. The molecule has 156 valence electrons. The van der Waals surface area contributed by atoms with Gasteiger partial charge in [0.2, 0.25) is 0 Å². The Kier molecular flexibility index (Phi) is 7.42. The second-order valence-corrected chi connectivity index (χ2v) is 7.35. The number of hydrogen-bond donors (Lipinski definition) is 1. The number of esters is 1. The van der Waals surface area contributed by atoms with Crippen LogP contribution in [0.2, 0.25) is 0 Å². The number of pyridine rings is 1. The zero-order valence-corrected chi connectivity index (χ0v) is 17.8. The van der Waals surface area contributed by atoms with E-state index in [0.717, 1.165) is 5.56 Å². The van der Waals surface area contributed by atoms with Crippen molar-refractivity contribution < 1.29 is 18.7 Å². The lowest BCUT2D eigenvalue weighted by molar-refractivity contribution is -0.143. The maximum absolute atomic E-state index is 13.9. The van der Waals surface area contributed by atoms with Crippen LogP contribution in [0.25, 0.3) is 11.3 Å². The van der Waals surface area contributed by atoms with Gasteiger partial charge in [-0.15, -0.1) is 0 Å². The van der Waals surface area contributed by atoms with Gasteiger partial charge in [-0.3, -0.25) is 9.78 Å². The van der Waals surface area contributed by atoms with Gasteiger partial charge in [-0.2, -0.15) is 0 Å². The number of halogens is 2. The van der Waals surface area contributed by atoms with Gasteiger partial charge in [0.1, 0.15) is 5.75 Å². The summed E-state index contributed by atoms with van der Waals surface area (Å²) in [5.41, 5.74) is 8.14. The molecule has 7 nitrogen and oxygen atoms in total. The summed E-state index contributed by atoms with van der Waals surface area (Å²) in [4.78, 5) is 24.2. The second-order valence-electron chi connectivity index (χ2n) is 6.44. The predicted molar refractivity (Wildman–Crippen MR) is 112 cm³/mol. The third-order valence-corrected chi connectivity index (χ3v) is 4.46. The van der Waals surface area contributed by atoms with Crippen LogP contribution in [0, 0.1) is 5.82 Å². The number of nitrogens with two attached hydrogens (primary N) is 1. The molecule has 1 atom stereocenters. The van der Waals surface area contributed by atoms with Crippen molar-refractivity contribution in [3.63, 3.8) is 0 Å². The molecule has 0 fully saturated rings. The smallest absolute Gasteiger partial charge is 0.307 e. The highest BCUT2D eigenvalue weighted by Gasteiger charge is 2.13. The van der Waals surface area contributed by atoms with Gasteiger partial charge in [-0.1, -0.05) is 0 Å². The molecular formula is C21H20BrFN4O3. The maximum Gasteiger partial charge on any atom is 0.307 e. The van der Waals surface area contributed by atoms with E-state index in [2.05, 4.69) is 30.9 Å². The van der Waals surface area contributed by atoms with Gasteiger partial charge in [0, 0.05) is 34.9 Å². The van der Waals surface area contributed by atoms with Gasteiger partial charge >= 0.3 is 5.97 Å². The largest absolute Gasteiger partial charge is 0.466 e. The van der Waals surface area contributed by atoms with Gasteiger partial charge in [0.15, 0.2) is 5.82 Å². The summed E-state index contributed by atoms with van der Waals surface area (Å²) in [7, 11) is 0. The summed E-state index contributed by atoms with van der Waals surface area (Å²) in [6.45, 7) is 2.08. The van der Waals surface area contributed by atoms with Crippen LogP contribution in [0.1, 0.15) is 19.0 Å². The minimum atomic E-state index is -0.564. The molecule has 0 spiro atoms. The summed E-state index contributed by atoms with van der Waals surface area (Å²) in [6.07, 6.45) is 5.22. The van der Waals surface area contributed by atoms with E-state index in [-0.39, 0.29) is 18.3 Å². The van der Waals surface area contributed by atoms with E-state index in [4.69, 9.17) is 15.2 Å². The van der Waals surface area contributed by atoms with Crippen molar-refractivity contribution in [1.82, 2.24) is 15.0 Å². The average molecular weight is 475 g/mol. The van der Waals surface area contributed by atoms with Crippen LogP contribution in [0.4, 0.5) is 4.39 Å². The van der Waals surface area contributed by atoms with Gasteiger partial charge in [-0.05, 0) is 53.2 Å². The second kappa shape index (κ2) is 10.2. The van der Waals surface area contributed by atoms with Crippen molar-refractivity contribution in [2.24, 2.45) is 5.73 Å². The van der Waals surface area contributed by atoms with Crippen LogP contribution in [-0.2, 0) is 16.0 Å². The van der Waals surface area contributed by atoms with Crippen LogP contribution < -0.4 is 10.5 Å². The summed E-state index contributed by atoms with van der Waals surface area (Å²) in [6, 6.07) is 7.85. The van der Waals surface area contributed by atoms with Gasteiger partial charge in [0.05, 0.1) is 30.6 Å². The van der Waals surface area contributed by atoms with Gasteiger partial charge < -0.3 is 15.2 Å². The molecule has 3 rings (SSSR count). The van der Waals surface area contributed by atoms with E-state index in [1.807, 2.05) is 0 Å². The first kappa shape index (κ1) is 21.8. The van der Waals surface area contributed by atoms with E-state index in [1.165, 1.54) is 12.3 Å². The minimum absolute atomic E-state index is 0.108. The minimum Gasteiger partial charge on any atom is -0.466 e. The molecule has 0 aliphatic heterocycles. The van der Waals surface area contributed by atoms with E-state index in [0.29, 0.717) is 34.6 Å². The Morgan fingerprint density at radius 1 is 1.23 bits per heavy atom. The summed E-state index contributed by atoms with van der Waals surface area (Å²) < 4.78 is 24.8. The first-order valence-electron chi connectivity index (χ1n) is 9.26. The number of carbonyl (C=O) groups is 1. The molecule has 1 unspecified atom stereocenters. The van der Waals surface area contributed by atoms with Crippen molar-refractivity contribution in [2.75, 3.05) is 6.61 Å². The number of ether oxygens (including phenoxy) is 2. The third-order valence-electron chi connectivity index (χ3n) is 4.03. The molecule has 0 saturated carbocycles. The molecule has 0 amide bonds. The zero-order chi connectivity index (χ0) is 21.5. The number of carbonyl (C=O) groups excluding carboxylic acids is 1. The predicted octanol–water partition coefficient (Wildman–Crippen LogP) is 4.06. The topological polar surface area (TPSA) is 100 Å². The lowest BCUT2D eigenvalue weighted by atomic mass is 10.1. The molecule has 1 aromatic carbocycles. The van der Waals surface area contributed by atoms with E-state index < -0.39 is 11.9 Å². The van der Waals surface area contributed by atoms with Crippen molar-refractivity contribution in [3.8, 4) is 22.9 Å². The molecule has 0 saturated heterocycles. The summed E-state index contributed by atoms with van der Waals surface area (Å²) in [5, 5.41) is 0. The molecule has 2 N–H and O–H groups in total. The first-order chi connectivity index (χ1) is 14.4. The average Bonchev–Trinajstić information content (AvgIpc) is 2.71. The molecule has 0 radical (unpaired) electrons. The Bertz CT molecular complexity index is 1020.